The van der Waals surface area contributed by atoms with Crippen LogP contribution in [-0.4, -0.2) is 32.0 Å². The number of benzene rings is 2. The molecule has 0 bridgehead atoms. The van der Waals surface area contributed by atoms with Gasteiger partial charge in [0.25, 0.3) is 0 Å². The van der Waals surface area contributed by atoms with Crippen LogP contribution in [0.1, 0.15) is 17.2 Å². The SMILES string of the molecule is COCCNC(=S)N[C@@H](c1ccccc1)c1ccc(OC(F)F)cc1. The van der Waals surface area contributed by atoms with E-state index < -0.39 is 6.61 Å². The van der Waals surface area contributed by atoms with Gasteiger partial charge in [-0.15, -0.1) is 0 Å². The average Bonchev–Trinajstić information content (AvgIpc) is 2.61. The molecule has 0 fully saturated rings. The molecule has 7 heteroatoms. The Morgan fingerprint density at radius 3 is 2.28 bits per heavy atom. The first kappa shape index (κ1) is 19.1. The Labute approximate surface area is 151 Å². The lowest BCUT2D eigenvalue weighted by Crippen LogP contribution is -2.39. The Hall–Kier alpha value is -2.25. The molecule has 0 radical (unpaired) electrons. The molecule has 134 valence electrons. The van der Waals surface area contributed by atoms with Crippen molar-refractivity contribution in [2.45, 2.75) is 12.7 Å². The van der Waals surface area contributed by atoms with Gasteiger partial charge in [0.2, 0.25) is 0 Å². The highest BCUT2D eigenvalue weighted by Gasteiger charge is 2.15. The normalized spacial score (nSPS) is 11.8. The highest BCUT2D eigenvalue weighted by atomic mass is 32.1. The second kappa shape index (κ2) is 9.90. The lowest BCUT2D eigenvalue weighted by atomic mass is 9.99. The third-order valence-corrected chi connectivity index (χ3v) is 3.70. The first-order valence-electron chi connectivity index (χ1n) is 7.73. The zero-order valence-electron chi connectivity index (χ0n) is 13.7. The minimum absolute atomic E-state index is 0.117. The third-order valence-electron chi connectivity index (χ3n) is 3.44. The van der Waals surface area contributed by atoms with Crippen molar-refractivity contribution in [1.82, 2.24) is 10.6 Å². The number of hydrogen-bond donors (Lipinski definition) is 2. The third kappa shape index (κ3) is 6.28. The largest absolute Gasteiger partial charge is 0.435 e. The molecule has 0 spiro atoms. The fourth-order valence-corrected chi connectivity index (χ4v) is 2.51. The Bertz CT molecular complexity index is 654. The maximum absolute atomic E-state index is 12.3. The minimum Gasteiger partial charge on any atom is -0.435 e. The van der Waals surface area contributed by atoms with E-state index >= 15 is 0 Å². The van der Waals surface area contributed by atoms with Crippen molar-refractivity contribution in [2.24, 2.45) is 0 Å². The molecule has 0 saturated heterocycles. The van der Waals surface area contributed by atoms with Gasteiger partial charge in [0.1, 0.15) is 5.75 Å². The van der Waals surface area contributed by atoms with Crippen LogP contribution in [0.25, 0.3) is 0 Å². The van der Waals surface area contributed by atoms with Gasteiger partial charge in [-0.25, -0.2) is 0 Å². The second-order valence-corrected chi connectivity index (χ2v) is 5.59. The Balaban J connectivity index is 2.15. The zero-order valence-corrected chi connectivity index (χ0v) is 14.6. The van der Waals surface area contributed by atoms with Gasteiger partial charge in [-0.3, -0.25) is 0 Å². The number of nitrogens with one attached hydrogen (secondary N) is 2. The van der Waals surface area contributed by atoms with E-state index in [0.29, 0.717) is 18.3 Å². The van der Waals surface area contributed by atoms with Gasteiger partial charge in [-0.05, 0) is 35.5 Å². The molecule has 2 rings (SSSR count). The Morgan fingerprint density at radius 2 is 1.68 bits per heavy atom. The molecule has 4 nitrogen and oxygen atoms in total. The highest BCUT2D eigenvalue weighted by molar-refractivity contribution is 7.80. The standard InChI is InChI=1S/C18H20F2N2O2S/c1-23-12-11-21-18(25)22-16(13-5-3-2-4-6-13)14-7-9-15(10-8-14)24-17(19)20/h2-10,16-17H,11-12H2,1H3,(H2,21,22,25)/t16-/m0/s1. The predicted molar refractivity (Wildman–Crippen MR) is 97.0 cm³/mol. The summed E-state index contributed by atoms with van der Waals surface area (Å²) in [5.41, 5.74) is 1.88. The molecule has 2 N–H and O–H groups in total. The number of ether oxygens (including phenoxy) is 2. The summed E-state index contributed by atoms with van der Waals surface area (Å²) in [5.74, 6) is 0.117. The molecule has 0 aromatic heterocycles. The molecule has 0 saturated carbocycles. The van der Waals surface area contributed by atoms with E-state index in [0.717, 1.165) is 11.1 Å². The summed E-state index contributed by atoms with van der Waals surface area (Å²) in [5, 5.41) is 6.79. The average molecular weight is 366 g/mol. The zero-order chi connectivity index (χ0) is 18.1. The van der Waals surface area contributed by atoms with Crippen LogP contribution in [0.3, 0.4) is 0 Å². The molecule has 2 aromatic rings. The van der Waals surface area contributed by atoms with Gasteiger partial charge in [-0.1, -0.05) is 42.5 Å². The number of hydrogen-bond acceptors (Lipinski definition) is 3. The number of halogens is 2. The molecule has 25 heavy (non-hydrogen) atoms. The summed E-state index contributed by atoms with van der Waals surface area (Å²) < 4.78 is 34.0. The number of methoxy groups -OCH3 is 1. The van der Waals surface area contributed by atoms with E-state index in [1.807, 2.05) is 30.3 Å². The van der Waals surface area contributed by atoms with E-state index in [9.17, 15) is 8.78 Å². The molecular weight excluding hydrogens is 346 g/mol. The first-order valence-corrected chi connectivity index (χ1v) is 8.14. The van der Waals surface area contributed by atoms with E-state index in [1.54, 1.807) is 19.2 Å². The van der Waals surface area contributed by atoms with Crippen molar-refractivity contribution in [2.75, 3.05) is 20.3 Å². The summed E-state index contributed by atoms with van der Waals surface area (Å²) in [6.07, 6.45) is 0. The monoisotopic (exact) mass is 366 g/mol. The number of alkyl halides is 2. The van der Waals surface area contributed by atoms with Crippen molar-refractivity contribution < 1.29 is 18.3 Å². The maximum atomic E-state index is 12.3. The van der Waals surface area contributed by atoms with Gasteiger partial charge >= 0.3 is 6.61 Å². The van der Waals surface area contributed by atoms with Crippen LogP contribution in [0, 0.1) is 0 Å². The van der Waals surface area contributed by atoms with Crippen molar-refractivity contribution in [3.05, 3.63) is 65.7 Å². The molecule has 0 heterocycles. The molecule has 1 atom stereocenters. The van der Waals surface area contributed by atoms with Crippen molar-refractivity contribution in [3.63, 3.8) is 0 Å². The quantitative estimate of drug-likeness (QED) is 0.553. The molecule has 0 aliphatic rings. The van der Waals surface area contributed by atoms with E-state index in [2.05, 4.69) is 15.4 Å². The van der Waals surface area contributed by atoms with Crippen LogP contribution in [0.5, 0.6) is 5.75 Å². The summed E-state index contributed by atoms with van der Waals surface area (Å²) in [6, 6.07) is 16.0. The molecule has 2 aromatic carbocycles. The Kier molecular flexibility index (Phi) is 7.56. The van der Waals surface area contributed by atoms with E-state index in [4.69, 9.17) is 17.0 Å². The minimum atomic E-state index is -2.84. The van der Waals surface area contributed by atoms with Crippen LogP contribution in [0.4, 0.5) is 8.78 Å². The fraction of sp³-hybridized carbons (Fsp3) is 0.278. The lowest BCUT2D eigenvalue weighted by Gasteiger charge is -2.22. The van der Waals surface area contributed by atoms with Crippen LogP contribution in [0.15, 0.2) is 54.6 Å². The van der Waals surface area contributed by atoms with Crippen molar-refractivity contribution in [1.29, 1.82) is 0 Å². The number of rotatable bonds is 8. The molecule has 0 unspecified atom stereocenters. The van der Waals surface area contributed by atoms with Crippen molar-refractivity contribution >= 4 is 17.3 Å². The van der Waals surface area contributed by atoms with Gasteiger partial charge in [-0.2, -0.15) is 8.78 Å². The summed E-state index contributed by atoms with van der Waals surface area (Å²) in [7, 11) is 1.62. The predicted octanol–water partition coefficient (Wildman–Crippen LogP) is 3.49. The van der Waals surface area contributed by atoms with E-state index in [1.165, 1.54) is 12.1 Å². The maximum Gasteiger partial charge on any atom is 0.387 e. The van der Waals surface area contributed by atoms with Crippen LogP contribution in [-0.2, 0) is 4.74 Å². The van der Waals surface area contributed by atoms with Crippen molar-refractivity contribution in [3.8, 4) is 5.75 Å². The summed E-state index contributed by atoms with van der Waals surface area (Å²) in [6.45, 7) is -1.71. The second-order valence-electron chi connectivity index (χ2n) is 5.18. The van der Waals surface area contributed by atoms with Gasteiger partial charge < -0.3 is 20.1 Å². The number of thiocarbonyl (C=S) groups is 1. The molecule has 0 aliphatic heterocycles. The smallest absolute Gasteiger partial charge is 0.387 e. The fourth-order valence-electron chi connectivity index (χ4n) is 2.30. The van der Waals surface area contributed by atoms with E-state index in [-0.39, 0.29) is 11.8 Å². The van der Waals surface area contributed by atoms with Crippen LogP contribution in [0.2, 0.25) is 0 Å². The lowest BCUT2D eigenvalue weighted by molar-refractivity contribution is -0.0498. The van der Waals surface area contributed by atoms with Crippen LogP contribution < -0.4 is 15.4 Å². The van der Waals surface area contributed by atoms with Gasteiger partial charge in [0, 0.05) is 13.7 Å². The summed E-state index contributed by atoms with van der Waals surface area (Å²) in [4.78, 5) is 0. The molecular formula is C18H20F2N2O2S. The molecule has 0 amide bonds. The highest BCUT2D eigenvalue weighted by Crippen LogP contribution is 2.24. The topological polar surface area (TPSA) is 42.5 Å². The first-order chi connectivity index (χ1) is 12.1. The summed E-state index contributed by atoms with van der Waals surface area (Å²) >= 11 is 5.32. The van der Waals surface area contributed by atoms with Gasteiger partial charge in [0.15, 0.2) is 5.11 Å². The van der Waals surface area contributed by atoms with Gasteiger partial charge in [0.05, 0.1) is 12.6 Å². The molecule has 0 aliphatic carbocycles. The Morgan fingerprint density at radius 1 is 1.04 bits per heavy atom. The van der Waals surface area contributed by atoms with Crippen LogP contribution >= 0.6 is 12.2 Å².